The maximum Gasteiger partial charge on any atom is 0.172 e. The highest BCUT2D eigenvalue weighted by atomic mass is 127. The van der Waals surface area contributed by atoms with Gasteiger partial charge < -0.3 is 4.74 Å². The van der Waals surface area contributed by atoms with Gasteiger partial charge in [0.1, 0.15) is 16.3 Å². The van der Waals surface area contributed by atoms with E-state index in [1.54, 1.807) is 0 Å². The smallest absolute Gasteiger partial charge is 0.172 e. The number of nitrogens with zero attached hydrogens (tertiary/aromatic N) is 4. The Balaban J connectivity index is 2.53. The second-order valence-corrected chi connectivity index (χ2v) is 4.15. The normalized spacial score (nSPS) is 18.3. The van der Waals surface area contributed by atoms with Crippen LogP contribution in [0, 0.1) is 3.70 Å². The molecule has 1 atom stereocenters. The van der Waals surface area contributed by atoms with Crippen LogP contribution < -0.4 is 4.74 Å². The molecule has 0 spiro atoms. The van der Waals surface area contributed by atoms with E-state index in [0.29, 0.717) is 17.5 Å². The first-order chi connectivity index (χ1) is 6.72. The molecule has 0 N–H and O–H groups in total. The van der Waals surface area contributed by atoms with Crippen LogP contribution >= 0.6 is 34.2 Å². The van der Waals surface area contributed by atoms with Crippen molar-refractivity contribution in [2.45, 2.75) is 6.04 Å². The van der Waals surface area contributed by atoms with Gasteiger partial charge in [-0.2, -0.15) is 0 Å². The number of fused-ring (bicyclic) bond motifs is 1. The predicted octanol–water partition coefficient (Wildman–Crippen LogP) is 3.08. The number of hydrogen-bond donors (Lipinski definition) is 0. The number of azide groups is 1. The summed E-state index contributed by atoms with van der Waals surface area (Å²) in [5.74, 6) is 0.532. The molecule has 2 heterocycles. The third-order valence-electron chi connectivity index (χ3n) is 1.86. The third-order valence-corrected chi connectivity index (χ3v) is 2.67. The average Bonchev–Trinajstić information content (AvgIpc) is 2.49. The number of pyridine rings is 1. The zero-order valence-corrected chi connectivity index (χ0v) is 9.73. The van der Waals surface area contributed by atoms with E-state index in [2.05, 4.69) is 37.6 Å². The minimum Gasteiger partial charge on any atom is -0.489 e. The van der Waals surface area contributed by atoms with E-state index in [1.807, 2.05) is 6.07 Å². The van der Waals surface area contributed by atoms with Crippen molar-refractivity contribution in [2.24, 2.45) is 5.11 Å². The largest absolute Gasteiger partial charge is 0.489 e. The van der Waals surface area contributed by atoms with E-state index in [0.717, 1.165) is 9.26 Å². The highest BCUT2D eigenvalue weighted by molar-refractivity contribution is 14.1. The molecule has 1 aromatic rings. The molecule has 2 rings (SSSR count). The fraction of sp³-hybridized carbons (Fsp3) is 0.286. The highest BCUT2D eigenvalue weighted by Crippen LogP contribution is 2.39. The summed E-state index contributed by atoms with van der Waals surface area (Å²) in [6.45, 7) is 0.334. The van der Waals surface area contributed by atoms with E-state index in [1.165, 1.54) is 0 Å². The molecule has 1 aliphatic rings. The summed E-state index contributed by atoms with van der Waals surface area (Å²) in [6.07, 6.45) is 0. The van der Waals surface area contributed by atoms with Crippen LogP contribution in [0.2, 0.25) is 5.15 Å². The Morgan fingerprint density at radius 1 is 1.79 bits per heavy atom. The lowest BCUT2D eigenvalue weighted by atomic mass is 10.1. The molecule has 1 aliphatic heterocycles. The molecule has 1 unspecified atom stereocenters. The molecule has 0 saturated heterocycles. The summed E-state index contributed by atoms with van der Waals surface area (Å²) in [5.41, 5.74) is 9.16. The first-order valence-electron chi connectivity index (χ1n) is 3.75. The molecule has 0 fully saturated rings. The Morgan fingerprint density at radius 3 is 3.29 bits per heavy atom. The molecule has 0 aliphatic carbocycles. The van der Waals surface area contributed by atoms with E-state index in [-0.39, 0.29) is 6.04 Å². The summed E-state index contributed by atoms with van der Waals surface area (Å²) in [6, 6.07) is 1.53. The van der Waals surface area contributed by atoms with E-state index >= 15 is 0 Å². The van der Waals surface area contributed by atoms with Gasteiger partial charge in [0.25, 0.3) is 0 Å². The lowest BCUT2D eigenvalue weighted by Gasteiger charge is -2.01. The van der Waals surface area contributed by atoms with Crippen LogP contribution in [0.15, 0.2) is 11.2 Å². The van der Waals surface area contributed by atoms with Gasteiger partial charge in [0.05, 0.1) is 0 Å². The van der Waals surface area contributed by atoms with Gasteiger partial charge >= 0.3 is 0 Å². The summed E-state index contributed by atoms with van der Waals surface area (Å²) in [4.78, 5) is 6.79. The predicted molar refractivity (Wildman–Crippen MR) is 59.3 cm³/mol. The topological polar surface area (TPSA) is 70.9 Å². The van der Waals surface area contributed by atoms with E-state index in [4.69, 9.17) is 21.9 Å². The quantitative estimate of drug-likeness (QED) is 0.262. The molecule has 0 bridgehead atoms. The summed E-state index contributed by atoms with van der Waals surface area (Å²) in [5, 5.41) is 3.93. The van der Waals surface area contributed by atoms with Crippen LogP contribution in [0.3, 0.4) is 0 Å². The summed E-state index contributed by atoms with van der Waals surface area (Å²) in [7, 11) is 0. The lowest BCUT2D eigenvalue weighted by molar-refractivity contribution is 0.332. The first kappa shape index (κ1) is 9.82. The van der Waals surface area contributed by atoms with Crippen molar-refractivity contribution in [1.29, 1.82) is 0 Å². The van der Waals surface area contributed by atoms with Gasteiger partial charge in [-0.25, -0.2) is 4.98 Å². The monoisotopic (exact) mass is 322 g/mol. The maximum atomic E-state index is 8.34. The summed E-state index contributed by atoms with van der Waals surface area (Å²) < 4.78 is 6.05. The number of hydrogen-bond acceptors (Lipinski definition) is 3. The van der Waals surface area contributed by atoms with E-state index < -0.39 is 0 Å². The Kier molecular flexibility index (Phi) is 2.66. The van der Waals surface area contributed by atoms with Crippen molar-refractivity contribution >= 4 is 34.2 Å². The molecule has 0 radical (unpaired) electrons. The van der Waals surface area contributed by atoms with Gasteiger partial charge in [0.2, 0.25) is 0 Å². The molecule has 0 aromatic carbocycles. The zero-order valence-electron chi connectivity index (χ0n) is 6.81. The van der Waals surface area contributed by atoms with Crippen LogP contribution in [0.1, 0.15) is 11.6 Å². The van der Waals surface area contributed by atoms with Gasteiger partial charge in [0.15, 0.2) is 10.9 Å². The molecular weight excluding hydrogens is 318 g/mol. The van der Waals surface area contributed by atoms with Gasteiger partial charge in [0, 0.05) is 10.5 Å². The standard InChI is InChI=1S/C7H4ClIN4O/c8-7-6-3(1-5(9)11-7)4(2-14-6)12-13-10/h1,4H,2H2. The Morgan fingerprint density at radius 2 is 2.57 bits per heavy atom. The molecule has 14 heavy (non-hydrogen) atoms. The molecule has 5 nitrogen and oxygen atoms in total. The summed E-state index contributed by atoms with van der Waals surface area (Å²) >= 11 is 7.92. The molecule has 0 saturated carbocycles. The van der Waals surface area contributed by atoms with Crippen molar-refractivity contribution in [3.8, 4) is 5.75 Å². The van der Waals surface area contributed by atoms with Crippen molar-refractivity contribution in [1.82, 2.24) is 4.98 Å². The van der Waals surface area contributed by atoms with Crippen molar-refractivity contribution < 1.29 is 4.74 Å². The molecular formula is C7H4ClIN4O. The number of rotatable bonds is 1. The minimum absolute atomic E-state index is 0.288. The van der Waals surface area contributed by atoms with Crippen LogP contribution in [0.5, 0.6) is 5.75 Å². The highest BCUT2D eigenvalue weighted by Gasteiger charge is 2.26. The Labute approximate surface area is 98.2 Å². The molecule has 7 heteroatoms. The zero-order chi connectivity index (χ0) is 10.1. The van der Waals surface area contributed by atoms with Crippen LogP contribution in [-0.2, 0) is 0 Å². The SMILES string of the molecule is [N-]=[N+]=NC1COc2c1cc(I)nc2Cl. The number of ether oxygens (including phenoxy) is 1. The lowest BCUT2D eigenvalue weighted by Crippen LogP contribution is -1.95. The van der Waals surface area contributed by atoms with Gasteiger partial charge in [-0.1, -0.05) is 16.7 Å². The third kappa shape index (κ3) is 1.60. The minimum atomic E-state index is -0.288. The number of halogens is 2. The fourth-order valence-corrected chi connectivity index (χ4v) is 2.26. The number of aromatic nitrogens is 1. The second kappa shape index (κ2) is 3.80. The van der Waals surface area contributed by atoms with Gasteiger partial charge in [-0.3, -0.25) is 0 Å². The van der Waals surface area contributed by atoms with Crippen LogP contribution in [0.4, 0.5) is 0 Å². The van der Waals surface area contributed by atoms with Crippen molar-refractivity contribution in [3.05, 3.63) is 30.9 Å². The Hall–Kier alpha value is -0.720. The van der Waals surface area contributed by atoms with Gasteiger partial charge in [-0.15, -0.1) is 0 Å². The van der Waals surface area contributed by atoms with E-state index in [9.17, 15) is 0 Å². The van der Waals surface area contributed by atoms with Crippen LogP contribution in [-0.4, -0.2) is 11.6 Å². The first-order valence-corrected chi connectivity index (χ1v) is 5.21. The van der Waals surface area contributed by atoms with Crippen molar-refractivity contribution in [2.75, 3.05) is 6.61 Å². The second-order valence-electron chi connectivity index (χ2n) is 2.69. The Bertz CT molecular complexity index is 432. The molecule has 1 aromatic heterocycles. The molecule has 72 valence electrons. The van der Waals surface area contributed by atoms with Crippen LogP contribution in [0.25, 0.3) is 10.4 Å². The molecule has 0 amide bonds. The van der Waals surface area contributed by atoms with Gasteiger partial charge in [-0.05, 0) is 34.2 Å². The maximum absolute atomic E-state index is 8.34. The van der Waals surface area contributed by atoms with Crippen molar-refractivity contribution in [3.63, 3.8) is 0 Å². The average molecular weight is 322 g/mol. The fourth-order valence-electron chi connectivity index (χ4n) is 1.29.